The van der Waals surface area contributed by atoms with Crippen LogP contribution in [0.5, 0.6) is 0 Å². The van der Waals surface area contributed by atoms with E-state index in [1.807, 2.05) is 0 Å². The largest absolute Gasteiger partial charge is 0.353 e. The minimum atomic E-state index is -0.666. The van der Waals surface area contributed by atoms with Gasteiger partial charge in [-0.05, 0) is 23.3 Å². The average Bonchev–Trinajstić information content (AvgIpc) is 2.78. The van der Waals surface area contributed by atoms with E-state index in [1.54, 1.807) is 36.7 Å². The summed E-state index contributed by atoms with van der Waals surface area (Å²) in [6.45, 7) is -1.10. The van der Waals surface area contributed by atoms with Crippen LogP contribution in [0.1, 0.15) is 11.1 Å². The molecule has 4 N–H and O–H groups in total. The third-order valence-electron chi connectivity index (χ3n) is 4.09. The van der Waals surface area contributed by atoms with Gasteiger partial charge >= 0.3 is 0 Å². The zero-order valence-electron chi connectivity index (χ0n) is 17.2. The maximum absolute atomic E-state index is 11.9. The van der Waals surface area contributed by atoms with Gasteiger partial charge in [-0.3, -0.25) is 39.6 Å². The van der Waals surface area contributed by atoms with Crippen molar-refractivity contribution in [1.29, 1.82) is 0 Å². The summed E-state index contributed by atoms with van der Waals surface area (Å²) in [6, 6.07) is 6.64. The molecule has 170 valence electrons. The molecule has 0 spiro atoms. The lowest BCUT2D eigenvalue weighted by Crippen LogP contribution is -2.44. The van der Waals surface area contributed by atoms with Crippen LogP contribution in [0.3, 0.4) is 0 Å². The molecule has 4 amide bonds. The Hall–Kier alpha value is -3.90. The summed E-state index contributed by atoms with van der Waals surface area (Å²) in [7, 11) is 0. The second kappa shape index (κ2) is 12.7. The molecule has 2 heterocycles. The smallest absolute Gasteiger partial charge is 0.250 e. The van der Waals surface area contributed by atoms with Crippen LogP contribution >= 0.6 is 0 Å². The van der Waals surface area contributed by atoms with E-state index in [4.69, 9.17) is 0 Å². The van der Waals surface area contributed by atoms with E-state index in [0.717, 1.165) is 0 Å². The van der Waals surface area contributed by atoms with Crippen molar-refractivity contribution in [3.05, 3.63) is 60.2 Å². The summed E-state index contributed by atoms with van der Waals surface area (Å²) in [6.07, 6.45) is 5.85. The Morgan fingerprint density at radius 3 is 1.50 bits per heavy atom. The molecule has 0 unspecified atom stereocenters. The van der Waals surface area contributed by atoms with Crippen molar-refractivity contribution < 1.29 is 29.6 Å². The third-order valence-corrected chi connectivity index (χ3v) is 4.09. The van der Waals surface area contributed by atoms with Crippen molar-refractivity contribution in [3.8, 4) is 0 Å². The van der Waals surface area contributed by atoms with Crippen LogP contribution in [0.2, 0.25) is 0 Å². The van der Waals surface area contributed by atoms with Crippen molar-refractivity contribution in [1.82, 2.24) is 30.7 Å². The molecule has 0 radical (unpaired) electrons. The van der Waals surface area contributed by atoms with Gasteiger partial charge in [-0.25, -0.2) is 10.1 Å². The van der Waals surface area contributed by atoms with E-state index in [1.165, 1.54) is 12.4 Å². The van der Waals surface area contributed by atoms with E-state index in [-0.39, 0.29) is 25.9 Å². The monoisotopic (exact) mass is 444 g/mol. The van der Waals surface area contributed by atoms with Crippen molar-refractivity contribution in [2.24, 2.45) is 0 Å². The lowest BCUT2D eigenvalue weighted by molar-refractivity contribution is -0.168. The Labute approximate surface area is 183 Å². The Morgan fingerprint density at radius 1 is 0.750 bits per heavy atom. The van der Waals surface area contributed by atoms with Crippen LogP contribution in [0.25, 0.3) is 0 Å². The van der Waals surface area contributed by atoms with Crippen molar-refractivity contribution in [3.63, 3.8) is 0 Å². The standard InChI is InChI=1S/C20H24N6O6/c27-17(13-25(31)19(29)9-15-3-1-5-21-11-15)23-7-8-24-18(28)14-26(32)20(30)10-16-4-2-6-22-12-16/h1-6,11-12,31-32H,7-10,13-14H2,(H,23,27)(H,24,28). The zero-order valence-corrected chi connectivity index (χ0v) is 17.2. The summed E-state index contributed by atoms with van der Waals surface area (Å²) in [5.74, 6) is -2.59. The first-order valence-electron chi connectivity index (χ1n) is 9.65. The maximum atomic E-state index is 11.9. The number of nitrogens with one attached hydrogen (secondary N) is 2. The molecule has 0 bridgehead atoms. The predicted molar refractivity (Wildman–Crippen MR) is 109 cm³/mol. The first-order chi connectivity index (χ1) is 15.3. The van der Waals surface area contributed by atoms with Crippen LogP contribution < -0.4 is 10.6 Å². The minimum absolute atomic E-state index is 0.0181. The molecule has 2 aromatic rings. The molecule has 2 rings (SSSR count). The maximum Gasteiger partial charge on any atom is 0.250 e. The number of hydrogen-bond donors (Lipinski definition) is 4. The summed E-state index contributed by atoms with van der Waals surface area (Å²) in [5.41, 5.74) is 1.19. The zero-order chi connectivity index (χ0) is 23.3. The highest BCUT2D eigenvalue weighted by Gasteiger charge is 2.17. The van der Waals surface area contributed by atoms with E-state index in [9.17, 15) is 29.6 Å². The summed E-state index contributed by atoms with van der Waals surface area (Å²) < 4.78 is 0. The summed E-state index contributed by atoms with van der Waals surface area (Å²) >= 11 is 0. The number of rotatable bonds is 11. The number of carbonyl (C=O) groups excluding carboxylic acids is 4. The molecule has 12 nitrogen and oxygen atoms in total. The minimum Gasteiger partial charge on any atom is -0.353 e. The summed E-state index contributed by atoms with van der Waals surface area (Å²) in [5, 5.41) is 24.9. The normalized spacial score (nSPS) is 10.2. The van der Waals surface area contributed by atoms with Gasteiger partial charge in [0.2, 0.25) is 11.8 Å². The SMILES string of the molecule is O=C(CN(O)C(=O)Cc1cccnc1)NCCNC(=O)CN(O)C(=O)Cc1cccnc1. The van der Waals surface area contributed by atoms with Crippen molar-refractivity contribution >= 4 is 23.6 Å². The Morgan fingerprint density at radius 2 is 1.16 bits per heavy atom. The molecule has 0 aliphatic heterocycles. The van der Waals surface area contributed by atoms with Gasteiger partial charge in [0.15, 0.2) is 0 Å². The van der Waals surface area contributed by atoms with Gasteiger partial charge in [-0.2, -0.15) is 0 Å². The molecule has 0 aromatic carbocycles. The summed E-state index contributed by atoms with van der Waals surface area (Å²) in [4.78, 5) is 55.1. The topological polar surface area (TPSA) is 165 Å². The molecule has 0 saturated heterocycles. The fourth-order valence-corrected chi connectivity index (χ4v) is 2.50. The van der Waals surface area contributed by atoms with Gasteiger partial charge in [0.25, 0.3) is 11.8 Å². The molecule has 0 aliphatic carbocycles. The van der Waals surface area contributed by atoms with Gasteiger partial charge in [0.05, 0.1) is 12.8 Å². The highest BCUT2D eigenvalue weighted by atomic mass is 16.5. The quantitative estimate of drug-likeness (QED) is 0.193. The number of aromatic nitrogens is 2. The highest BCUT2D eigenvalue weighted by molar-refractivity contribution is 5.86. The Bertz CT molecular complexity index is 836. The van der Waals surface area contributed by atoms with Gasteiger partial charge in [-0.1, -0.05) is 12.1 Å². The number of nitrogens with zero attached hydrogens (tertiary/aromatic N) is 4. The molecule has 2 aromatic heterocycles. The second-order valence-corrected chi connectivity index (χ2v) is 6.68. The Kier molecular flexibility index (Phi) is 9.69. The number of amides is 4. The Balaban J connectivity index is 1.60. The first-order valence-corrected chi connectivity index (χ1v) is 9.65. The number of pyridine rings is 2. The van der Waals surface area contributed by atoms with E-state index >= 15 is 0 Å². The van der Waals surface area contributed by atoms with E-state index in [2.05, 4.69) is 20.6 Å². The molecule has 0 fully saturated rings. The van der Waals surface area contributed by atoms with Crippen LogP contribution in [-0.4, -0.2) is 80.3 Å². The van der Waals surface area contributed by atoms with Crippen molar-refractivity contribution in [2.45, 2.75) is 12.8 Å². The van der Waals surface area contributed by atoms with Crippen LogP contribution in [0, 0.1) is 0 Å². The fourth-order valence-electron chi connectivity index (χ4n) is 2.50. The second-order valence-electron chi connectivity index (χ2n) is 6.68. The van der Waals surface area contributed by atoms with Gasteiger partial charge < -0.3 is 10.6 Å². The number of carbonyl (C=O) groups is 4. The van der Waals surface area contributed by atoms with Crippen molar-refractivity contribution in [2.75, 3.05) is 26.2 Å². The molecular weight excluding hydrogens is 420 g/mol. The van der Waals surface area contributed by atoms with Gasteiger partial charge in [0.1, 0.15) is 13.1 Å². The first kappa shape index (κ1) is 24.4. The van der Waals surface area contributed by atoms with E-state index < -0.39 is 36.7 Å². The van der Waals surface area contributed by atoms with Crippen LogP contribution in [0.15, 0.2) is 49.1 Å². The lowest BCUT2D eigenvalue weighted by atomic mass is 10.2. The number of hydroxylamine groups is 4. The molecule has 0 saturated carbocycles. The molecule has 0 aliphatic rings. The molecule has 0 atom stereocenters. The highest BCUT2D eigenvalue weighted by Crippen LogP contribution is 2.00. The lowest BCUT2D eigenvalue weighted by Gasteiger charge is -2.16. The average molecular weight is 444 g/mol. The third kappa shape index (κ3) is 8.85. The van der Waals surface area contributed by atoms with E-state index in [0.29, 0.717) is 21.3 Å². The van der Waals surface area contributed by atoms with Crippen LogP contribution in [-0.2, 0) is 32.0 Å². The van der Waals surface area contributed by atoms with Gasteiger partial charge in [0, 0.05) is 37.9 Å². The molecule has 32 heavy (non-hydrogen) atoms. The predicted octanol–water partition coefficient (Wildman–Crippen LogP) is -1.07. The fraction of sp³-hybridized carbons (Fsp3) is 0.300. The number of hydrogen-bond acceptors (Lipinski definition) is 8. The van der Waals surface area contributed by atoms with Gasteiger partial charge in [-0.15, -0.1) is 0 Å². The van der Waals surface area contributed by atoms with Crippen LogP contribution in [0.4, 0.5) is 0 Å². The molecular formula is C20H24N6O6. The molecule has 12 heteroatoms.